The molecule has 5 nitrogen and oxygen atoms in total. The molecule has 1 N–H and O–H groups in total. The molecule has 0 saturated heterocycles. The summed E-state index contributed by atoms with van der Waals surface area (Å²) in [6.07, 6.45) is 0.740. The zero-order valence-electron chi connectivity index (χ0n) is 10.4. The highest BCUT2D eigenvalue weighted by atomic mass is 16.5. The Morgan fingerprint density at radius 1 is 1.33 bits per heavy atom. The van der Waals surface area contributed by atoms with Crippen LogP contribution in [0.25, 0.3) is 0 Å². The molecule has 0 aliphatic heterocycles. The lowest BCUT2D eigenvalue weighted by Gasteiger charge is -2.09. The molecule has 0 radical (unpaired) electrons. The minimum Gasteiger partial charge on any atom is -0.493 e. The summed E-state index contributed by atoms with van der Waals surface area (Å²) in [6, 6.07) is 4.96. The van der Waals surface area contributed by atoms with Crippen LogP contribution < -0.4 is 4.74 Å². The molecule has 0 aromatic heterocycles. The van der Waals surface area contributed by atoms with Crippen molar-refractivity contribution in [2.75, 3.05) is 13.7 Å². The normalized spacial score (nSPS) is 9.89. The number of hydrogen-bond donors (Lipinski definition) is 1. The second-order valence-corrected chi connectivity index (χ2v) is 3.83. The van der Waals surface area contributed by atoms with Crippen LogP contribution in [0.3, 0.4) is 0 Å². The molecule has 1 rings (SSSR count). The van der Waals surface area contributed by atoms with Gasteiger partial charge in [-0.3, -0.25) is 4.79 Å². The molecule has 18 heavy (non-hydrogen) atoms. The van der Waals surface area contributed by atoms with Crippen LogP contribution in [0, 0.1) is 6.92 Å². The molecule has 0 spiro atoms. The van der Waals surface area contributed by atoms with E-state index in [1.807, 2.05) is 6.92 Å². The van der Waals surface area contributed by atoms with E-state index in [0.717, 1.165) is 5.56 Å². The summed E-state index contributed by atoms with van der Waals surface area (Å²) < 4.78 is 9.85. The Kier molecular flexibility index (Phi) is 5.17. The van der Waals surface area contributed by atoms with Crippen LogP contribution in [0.5, 0.6) is 5.75 Å². The lowest BCUT2D eigenvalue weighted by molar-refractivity contribution is -0.140. The van der Waals surface area contributed by atoms with E-state index in [4.69, 9.17) is 9.84 Å². The van der Waals surface area contributed by atoms with Crippen molar-refractivity contribution in [2.45, 2.75) is 19.8 Å². The number of carboxylic acid groups (broad SMARTS) is 1. The van der Waals surface area contributed by atoms with Crippen LogP contribution in [0.15, 0.2) is 18.2 Å². The minimum atomic E-state index is -1.03. The first-order chi connectivity index (χ1) is 8.54. The van der Waals surface area contributed by atoms with Gasteiger partial charge in [0.1, 0.15) is 11.3 Å². The molecule has 5 heteroatoms. The number of ether oxygens (including phenoxy) is 2. The molecule has 1 aromatic rings. The smallest absolute Gasteiger partial charge is 0.339 e. The number of hydrogen-bond acceptors (Lipinski definition) is 4. The van der Waals surface area contributed by atoms with Crippen molar-refractivity contribution < 1.29 is 24.2 Å². The number of aromatic carboxylic acids is 1. The maximum Gasteiger partial charge on any atom is 0.339 e. The molecule has 0 heterocycles. The van der Waals surface area contributed by atoms with Crippen molar-refractivity contribution in [3.63, 3.8) is 0 Å². The van der Waals surface area contributed by atoms with Gasteiger partial charge in [0.05, 0.1) is 13.7 Å². The summed E-state index contributed by atoms with van der Waals surface area (Å²) in [5.41, 5.74) is 0.988. The molecule has 0 aliphatic rings. The number of carbonyl (C=O) groups excluding carboxylic acids is 1. The SMILES string of the molecule is COC(=O)CCCOc1ccc(C)cc1C(=O)O. The molecular formula is C13H16O5. The predicted octanol–water partition coefficient (Wildman–Crippen LogP) is 2.03. The van der Waals surface area contributed by atoms with Crippen LogP contribution in [0.2, 0.25) is 0 Å². The van der Waals surface area contributed by atoms with Gasteiger partial charge in [0.2, 0.25) is 0 Å². The molecule has 0 aliphatic carbocycles. The second-order valence-electron chi connectivity index (χ2n) is 3.83. The summed E-state index contributed by atoms with van der Waals surface area (Å²) in [7, 11) is 1.33. The van der Waals surface area contributed by atoms with E-state index in [-0.39, 0.29) is 24.6 Å². The van der Waals surface area contributed by atoms with Gasteiger partial charge in [-0.25, -0.2) is 4.79 Å². The Morgan fingerprint density at radius 2 is 2.06 bits per heavy atom. The molecule has 0 bridgehead atoms. The van der Waals surface area contributed by atoms with Crippen LogP contribution in [-0.2, 0) is 9.53 Å². The first-order valence-electron chi connectivity index (χ1n) is 5.58. The summed E-state index contributed by atoms with van der Waals surface area (Å²) in [6.45, 7) is 2.09. The second kappa shape index (κ2) is 6.64. The summed E-state index contributed by atoms with van der Waals surface area (Å²) in [5, 5.41) is 9.02. The number of rotatable bonds is 6. The van der Waals surface area contributed by atoms with Gasteiger partial charge in [0.25, 0.3) is 0 Å². The van der Waals surface area contributed by atoms with E-state index in [1.54, 1.807) is 18.2 Å². The highest BCUT2D eigenvalue weighted by molar-refractivity contribution is 5.91. The summed E-state index contributed by atoms with van der Waals surface area (Å²) >= 11 is 0. The topological polar surface area (TPSA) is 72.8 Å². The van der Waals surface area contributed by atoms with E-state index < -0.39 is 5.97 Å². The van der Waals surface area contributed by atoms with Crippen LogP contribution in [-0.4, -0.2) is 30.8 Å². The van der Waals surface area contributed by atoms with E-state index in [0.29, 0.717) is 12.2 Å². The summed E-state index contributed by atoms with van der Waals surface area (Å²) in [4.78, 5) is 21.9. The maximum atomic E-state index is 11.0. The first-order valence-corrected chi connectivity index (χ1v) is 5.58. The van der Waals surface area contributed by atoms with Gasteiger partial charge >= 0.3 is 11.9 Å². The van der Waals surface area contributed by atoms with Gasteiger partial charge in [0, 0.05) is 6.42 Å². The predicted molar refractivity (Wildman–Crippen MR) is 64.9 cm³/mol. The summed E-state index contributed by atoms with van der Waals surface area (Å²) in [5.74, 6) is -1.01. The Balaban J connectivity index is 2.56. The number of benzene rings is 1. The van der Waals surface area contributed by atoms with Gasteiger partial charge in [-0.15, -0.1) is 0 Å². The molecule has 0 fully saturated rings. The Bertz CT molecular complexity index is 439. The fraction of sp³-hybridized carbons (Fsp3) is 0.385. The fourth-order valence-corrected chi connectivity index (χ4v) is 1.44. The molecule has 0 amide bonds. The van der Waals surface area contributed by atoms with Crippen molar-refractivity contribution >= 4 is 11.9 Å². The third kappa shape index (κ3) is 4.08. The average Bonchev–Trinajstić information content (AvgIpc) is 2.35. The van der Waals surface area contributed by atoms with E-state index in [9.17, 15) is 9.59 Å². The number of esters is 1. The first kappa shape index (κ1) is 14.0. The Hall–Kier alpha value is -2.04. The quantitative estimate of drug-likeness (QED) is 0.619. The maximum absolute atomic E-state index is 11.0. The molecule has 0 unspecified atom stereocenters. The number of carbonyl (C=O) groups is 2. The number of methoxy groups -OCH3 is 1. The molecule has 1 aromatic carbocycles. The van der Waals surface area contributed by atoms with E-state index >= 15 is 0 Å². The monoisotopic (exact) mass is 252 g/mol. The zero-order valence-corrected chi connectivity index (χ0v) is 10.4. The van der Waals surface area contributed by atoms with Crippen molar-refractivity contribution in [3.05, 3.63) is 29.3 Å². The molecule has 0 saturated carbocycles. The molecule has 0 atom stereocenters. The fourth-order valence-electron chi connectivity index (χ4n) is 1.44. The van der Waals surface area contributed by atoms with Gasteiger partial charge in [-0.1, -0.05) is 11.6 Å². The third-order valence-electron chi connectivity index (χ3n) is 2.38. The van der Waals surface area contributed by atoms with Crippen LogP contribution >= 0.6 is 0 Å². The standard InChI is InChI=1S/C13H16O5/c1-9-5-6-11(10(8-9)13(15)16)18-7-3-4-12(14)17-2/h5-6,8H,3-4,7H2,1-2H3,(H,15,16). The Labute approximate surface area is 105 Å². The lowest BCUT2D eigenvalue weighted by atomic mass is 10.1. The van der Waals surface area contributed by atoms with Gasteiger partial charge in [-0.05, 0) is 25.5 Å². The molecular weight excluding hydrogens is 236 g/mol. The van der Waals surface area contributed by atoms with Crippen LogP contribution in [0.1, 0.15) is 28.8 Å². The van der Waals surface area contributed by atoms with Crippen molar-refractivity contribution in [1.82, 2.24) is 0 Å². The minimum absolute atomic E-state index is 0.132. The number of aryl methyl sites for hydroxylation is 1. The highest BCUT2D eigenvalue weighted by Crippen LogP contribution is 2.20. The molecule has 98 valence electrons. The van der Waals surface area contributed by atoms with Gasteiger partial charge < -0.3 is 14.6 Å². The third-order valence-corrected chi connectivity index (χ3v) is 2.38. The average molecular weight is 252 g/mol. The van der Waals surface area contributed by atoms with Crippen molar-refractivity contribution in [1.29, 1.82) is 0 Å². The van der Waals surface area contributed by atoms with Crippen molar-refractivity contribution in [3.8, 4) is 5.75 Å². The number of carboxylic acids is 1. The van der Waals surface area contributed by atoms with E-state index in [2.05, 4.69) is 4.74 Å². The largest absolute Gasteiger partial charge is 0.493 e. The zero-order chi connectivity index (χ0) is 13.5. The van der Waals surface area contributed by atoms with E-state index in [1.165, 1.54) is 7.11 Å². The van der Waals surface area contributed by atoms with Gasteiger partial charge in [-0.2, -0.15) is 0 Å². The van der Waals surface area contributed by atoms with Gasteiger partial charge in [0.15, 0.2) is 0 Å². The Morgan fingerprint density at radius 3 is 2.67 bits per heavy atom. The van der Waals surface area contributed by atoms with Crippen LogP contribution in [0.4, 0.5) is 0 Å². The van der Waals surface area contributed by atoms with Crippen molar-refractivity contribution in [2.24, 2.45) is 0 Å². The highest BCUT2D eigenvalue weighted by Gasteiger charge is 2.11. The lowest BCUT2D eigenvalue weighted by Crippen LogP contribution is -2.07.